The molecule has 0 bridgehead atoms. The molecule has 3 fully saturated rings. The summed E-state index contributed by atoms with van der Waals surface area (Å²) in [6.07, 6.45) is 53.7. The molecule has 0 spiro atoms. The molecule has 1 amide bonds. The lowest BCUT2D eigenvalue weighted by atomic mass is 9.96. The Balaban J connectivity index is 1.35. The molecule has 0 aromatic carbocycles. The van der Waals surface area contributed by atoms with Gasteiger partial charge in [0.25, 0.3) is 0 Å². The van der Waals surface area contributed by atoms with Gasteiger partial charge < -0.3 is 89.9 Å². The topological polar surface area (TPSA) is 307 Å². The lowest BCUT2D eigenvalue weighted by Crippen LogP contribution is -2.66. The number of aliphatic hydroxyl groups is 11. The Morgan fingerprint density at radius 1 is 0.356 bits per heavy atom. The zero-order valence-corrected chi connectivity index (χ0v) is 63.1. The van der Waals surface area contributed by atoms with Crippen LogP contribution in [-0.2, 0) is 33.2 Å². The van der Waals surface area contributed by atoms with Crippen LogP contribution in [0.3, 0.4) is 0 Å². The summed E-state index contributed by atoms with van der Waals surface area (Å²) < 4.78 is 34.4. The highest BCUT2D eigenvalue weighted by molar-refractivity contribution is 5.76. The minimum absolute atomic E-state index is 0.234. The normalized spacial score (nSPS) is 26.6. The first-order chi connectivity index (χ1) is 49.3. The van der Waals surface area contributed by atoms with Crippen molar-refractivity contribution in [2.45, 2.75) is 426 Å². The number of carbonyl (C=O) groups excluding carboxylic acids is 1. The molecule has 3 rings (SSSR count). The Bertz CT molecular complexity index is 2060. The summed E-state index contributed by atoms with van der Waals surface area (Å²) in [4.78, 5) is 13.5. The number of hydrogen-bond acceptors (Lipinski definition) is 18. The van der Waals surface area contributed by atoms with Crippen LogP contribution in [0.2, 0.25) is 0 Å². The van der Waals surface area contributed by atoms with Gasteiger partial charge in [-0.05, 0) is 77.0 Å². The van der Waals surface area contributed by atoms with E-state index in [4.69, 9.17) is 28.4 Å². The first-order valence-corrected chi connectivity index (χ1v) is 41.0. The average molecular weight is 1440 g/mol. The van der Waals surface area contributed by atoms with Crippen LogP contribution in [0.5, 0.6) is 0 Å². The van der Waals surface area contributed by atoms with E-state index in [1.54, 1.807) is 6.08 Å². The van der Waals surface area contributed by atoms with E-state index in [2.05, 4.69) is 67.8 Å². The van der Waals surface area contributed by atoms with Crippen LogP contribution in [0, 0.1) is 0 Å². The summed E-state index contributed by atoms with van der Waals surface area (Å²) in [5.74, 6) is -0.285. The van der Waals surface area contributed by atoms with Crippen LogP contribution in [0.1, 0.15) is 322 Å². The molecule has 3 heterocycles. The monoisotopic (exact) mass is 1440 g/mol. The Kier molecular flexibility index (Phi) is 57.4. The summed E-state index contributed by atoms with van der Waals surface area (Å²) in [5.41, 5.74) is 0. The van der Waals surface area contributed by atoms with E-state index in [-0.39, 0.29) is 18.9 Å². The van der Waals surface area contributed by atoms with Gasteiger partial charge >= 0.3 is 0 Å². The van der Waals surface area contributed by atoms with Gasteiger partial charge in [-0.2, -0.15) is 0 Å². The van der Waals surface area contributed by atoms with Gasteiger partial charge in [0, 0.05) is 6.42 Å². The molecular formula is C82H149NO18. The molecule has 590 valence electrons. The first kappa shape index (κ1) is 92.7. The number of hydrogen-bond donors (Lipinski definition) is 12. The summed E-state index contributed by atoms with van der Waals surface area (Å²) >= 11 is 0. The number of ether oxygens (including phenoxy) is 6. The van der Waals surface area contributed by atoms with Crippen molar-refractivity contribution >= 4 is 5.91 Å². The second kappa shape index (κ2) is 62.5. The lowest BCUT2D eigenvalue weighted by Gasteiger charge is -2.48. The number of carbonyl (C=O) groups is 1. The van der Waals surface area contributed by atoms with E-state index in [1.165, 1.54) is 238 Å². The fraction of sp³-hybridized carbons (Fsp3) is 0.866. The van der Waals surface area contributed by atoms with Crippen molar-refractivity contribution in [1.82, 2.24) is 5.32 Å². The third-order valence-corrected chi connectivity index (χ3v) is 20.3. The van der Waals surface area contributed by atoms with E-state index >= 15 is 0 Å². The van der Waals surface area contributed by atoms with E-state index in [1.807, 2.05) is 6.08 Å². The Labute approximate surface area is 611 Å². The van der Waals surface area contributed by atoms with Crippen molar-refractivity contribution in [3.63, 3.8) is 0 Å². The van der Waals surface area contributed by atoms with Crippen molar-refractivity contribution in [1.29, 1.82) is 0 Å². The Morgan fingerprint density at radius 3 is 1.05 bits per heavy atom. The summed E-state index contributed by atoms with van der Waals surface area (Å²) in [6.45, 7) is 1.73. The first-order valence-electron chi connectivity index (χ1n) is 41.0. The number of rotatable bonds is 65. The molecule has 0 aromatic heterocycles. The molecular weight excluding hydrogens is 1290 g/mol. The molecule has 12 N–H and O–H groups in total. The van der Waals surface area contributed by atoms with Gasteiger partial charge in [0.1, 0.15) is 73.2 Å². The van der Waals surface area contributed by atoms with E-state index in [0.717, 1.165) is 51.4 Å². The second-order valence-electron chi connectivity index (χ2n) is 29.2. The molecule has 19 heteroatoms. The summed E-state index contributed by atoms with van der Waals surface area (Å²) in [6, 6.07) is -0.998. The van der Waals surface area contributed by atoms with Crippen molar-refractivity contribution < 1.29 is 89.4 Å². The highest BCUT2D eigenvalue weighted by atomic mass is 16.8. The molecule has 0 aliphatic carbocycles. The smallest absolute Gasteiger partial charge is 0.220 e. The largest absolute Gasteiger partial charge is 0.394 e. The predicted octanol–water partition coefficient (Wildman–Crippen LogP) is 13.8. The van der Waals surface area contributed by atoms with Crippen LogP contribution >= 0.6 is 0 Å². The van der Waals surface area contributed by atoms with Crippen LogP contribution in [0.25, 0.3) is 0 Å². The van der Waals surface area contributed by atoms with Crippen molar-refractivity contribution in [2.75, 3.05) is 26.4 Å². The third-order valence-electron chi connectivity index (χ3n) is 20.3. The SMILES string of the molecule is CCCCCCC/C=C\C/C=C\CCCCCCCCCCCCCCCCCCCCCCCCCC(=O)NC(COC1OC(CO)C(OC2OC(CO)C(OC3OC(CO)C(O)C(O)C3O)C(O)C2O)C(O)C1O)C(O)/C=C/CC/C=C/CC/C=C/CCCCCCCCCCCCC. The van der Waals surface area contributed by atoms with Gasteiger partial charge in [-0.3, -0.25) is 4.79 Å². The number of amides is 1. The zero-order valence-electron chi connectivity index (χ0n) is 63.1. The van der Waals surface area contributed by atoms with E-state index < -0.39 is 124 Å². The lowest BCUT2D eigenvalue weighted by molar-refractivity contribution is -0.379. The maximum absolute atomic E-state index is 13.5. The zero-order chi connectivity index (χ0) is 73.2. The molecule has 17 unspecified atom stereocenters. The molecule has 0 aromatic rings. The highest BCUT2D eigenvalue weighted by Gasteiger charge is 2.54. The van der Waals surface area contributed by atoms with Gasteiger partial charge in [-0.25, -0.2) is 0 Å². The van der Waals surface area contributed by atoms with Crippen molar-refractivity contribution in [3.05, 3.63) is 60.8 Å². The number of nitrogens with one attached hydrogen (secondary N) is 1. The molecule has 3 saturated heterocycles. The van der Waals surface area contributed by atoms with Crippen LogP contribution in [-0.4, -0.2) is 193 Å². The fourth-order valence-corrected chi connectivity index (χ4v) is 13.7. The maximum atomic E-state index is 13.5. The molecule has 0 saturated carbocycles. The standard InChI is InChI=1S/C82H149NO18/c1-3-5-7-9-11-13-15-17-19-21-23-25-26-27-28-29-30-31-32-33-34-35-36-37-38-40-42-44-46-48-50-52-54-56-58-60-70(88)83-65(66(87)59-57-55-53-51-49-47-45-43-41-39-24-22-20-18-16-14-12-10-8-6-4-2)64-96-80-76(94)73(91)78(68(62-85)98-80)101-82-77(95)74(92)79(69(63-86)99-82)100-81-75(93)72(90)71(89)67(61-84)97-81/h15,17,21,23,41,43,49,51,57,59,65-69,71-82,84-87,89-95H,3-14,16,18-20,22,24-40,42,44-48,50,52-56,58,60-64H2,1-2H3,(H,83,88)/b17-15-,23-21-,43-41+,51-49+,59-57+. The molecule has 0 radical (unpaired) electrons. The molecule has 101 heavy (non-hydrogen) atoms. The van der Waals surface area contributed by atoms with Crippen molar-refractivity contribution in [2.24, 2.45) is 0 Å². The average Bonchev–Trinajstić information content (AvgIpc) is 0.782. The van der Waals surface area contributed by atoms with E-state index in [9.17, 15) is 61.0 Å². The minimum Gasteiger partial charge on any atom is -0.394 e. The predicted molar refractivity (Wildman–Crippen MR) is 402 cm³/mol. The third kappa shape index (κ3) is 42.6. The Hall–Kier alpha value is -2.51. The number of unbranched alkanes of at least 4 members (excludes halogenated alkanes) is 41. The van der Waals surface area contributed by atoms with Gasteiger partial charge in [0.2, 0.25) is 5.91 Å². The van der Waals surface area contributed by atoms with E-state index in [0.29, 0.717) is 12.8 Å². The van der Waals surface area contributed by atoms with Gasteiger partial charge in [0.05, 0.1) is 38.6 Å². The molecule has 3 aliphatic rings. The number of aliphatic hydroxyl groups excluding tert-OH is 11. The second-order valence-corrected chi connectivity index (χ2v) is 29.2. The van der Waals surface area contributed by atoms with Gasteiger partial charge in [-0.15, -0.1) is 0 Å². The summed E-state index contributed by atoms with van der Waals surface area (Å²) in [5, 5.41) is 121. The van der Waals surface area contributed by atoms with Crippen LogP contribution < -0.4 is 5.32 Å². The maximum Gasteiger partial charge on any atom is 0.220 e. The van der Waals surface area contributed by atoms with Crippen LogP contribution in [0.4, 0.5) is 0 Å². The molecule has 3 aliphatic heterocycles. The fourth-order valence-electron chi connectivity index (χ4n) is 13.7. The Morgan fingerprint density at radius 2 is 0.663 bits per heavy atom. The highest BCUT2D eigenvalue weighted by Crippen LogP contribution is 2.33. The molecule has 19 nitrogen and oxygen atoms in total. The van der Waals surface area contributed by atoms with Gasteiger partial charge in [0.15, 0.2) is 18.9 Å². The van der Waals surface area contributed by atoms with Gasteiger partial charge in [-0.1, -0.05) is 299 Å². The van der Waals surface area contributed by atoms with Crippen LogP contribution in [0.15, 0.2) is 60.8 Å². The summed E-state index contributed by atoms with van der Waals surface area (Å²) in [7, 11) is 0. The number of allylic oxidation sites excluding steroid dienone is 9. The van der Waals surface area contributed by atoms with Crippen molar-refractivity contribution in [3.8, 4) is 0 Å². The molecule has 17 atom stereocenters. The minimum atomic E-state index is -1.98. The quantitative estimate of drug-likeness (QED) is 0.0199.